The minimum Gasteiger partial charge on any atom is -0.363 e. The van der Waals surface area contributed by atoms with Crippen LogP contribution in [-0.2, 0) is 13.6 Å². The van der Waals surface area contributed by atoms with E-state index in [4.69, 9.17) is 5.10 Å². The van der Waals surface area contributed by atoms with Gasteiger partial charge in [-0.25, -0.2) is 0 Å². The number of nitrogens with one attached hydrogen (secondary N) is 1. The Hall–Kier alpha value is -1.33. The van der Waals surface area contributed by atoms with Crippen LogP contribution in [0.3, 0.4) is 0 Å². The summed E-state index contributed by atoms with van der Waals surface area (Å²) >= 11 is 1.80. The second-order valence-electron chi connectivity index (χ2n) is 5.98. The lowest BCUT2D eigenvalue weighted by Crippen LogP contribution is -2.21. The minimum absolute atomic E-state index is 0.361. The summed E-state index contributed by atoms with van der Waals surface area (Å²) in [7, 11) is 6.17. The normalized spacial score (nSPS) is 12.9. The molecule has 1 N–H and O–H groups in total. The standard InChI is InChI=1S/C16H26N4S/c1-11(2)15-13(16(19(4)5)20(6)18-15)10-17-12(3)14-8-7-9-21-14/h7-9,11-12,17H,10H2,1-6H3/t12-/m0/s1. The molecule has 5 heteroatoms. The highest BCUT2D eigenvalue weighted by molar-refractivity contribution is 7.10. The number of hydrogen-bond acceptors (Lipinski definition) is 4. The zero-order valence-electron chi connectivity index (χ0n) is 13.8. The van der Waals surface area contributed by atoms with Gasteiger partial charge < -0.3 is 10.2 Å². The highest BCUT2D eigenvalue weighted by atomic mass is 32.1. The molecular weight excluding hydrogens is 280 g/mol. The van der Waals surface area contributed by atoms with Gasteiger partial charge in [-0.2, -0.15) is 5.10 Å². The largest absolute Gasteiger partial charge is 0.363 e. The number of nitrogens with zero attached hydrogens (tertiary/aromatic N) is 3. The molecule has 0 radical (unpaired) electrons. The first-order valence-electron chi connectivity index (χ1n) is 7.41. The molecule has 0 spiro atoms. The molecule has 0 aliphatic rings. The van der Waals surface area contributed by atoms with Gasteiger partial charge in [0.2, 0.25) is 0 Å². The number of thiophene rings is 1. The monoisotopic (exact) mass is 306 g/mol. The summed E-state index contributed by atoms with van der Waals surface area (Å²) in [4.78, 5) is 3.52. The van der Waals surface area contributed by atoms with Crippen LogP contribution in [-0.4, -0.2) is 23.9 Å². The van der Waals surface area contributed by atoms with Crippen molar-refractivity contribution in [3.63, 3.8) is 0 Å². The Bertz CT molecular complexity index is 569. The number of rotatable bonds is 6. The van der Waals surface area contributed by atoms with Crippen LogP contribution in [0.1, 0.15) is 48.9 Å². The molecule has 0 bridgehead atoms. The molecule has 0 unspecified atom stereocenters. The first-order chi connectivity index (χ1) is 9.91. The fraction of sp³-hybridized carbons (Fsp3) is 0.562. The van der Waals surface area contributed by atoms with Gasteiger partial charge in [0.1, 0.15) is 5.82 Å². The van der Waals surface area contributed by atoms with Gasteiger partial charge in [-0.3, -0.25) is 4.68 Å². The van der Waals surface area contributed by atoms with Crippen molar-refractivity contribution in [3.05, 3.63) is 33.6 Å². The maximum atomic E-state index is 4.71. The molecule has 1 atom stereocenters. The van der Waals surface area contributed by atoms with Crippen molar-refractivity contribution in [1.82, 2.24) is 15.1 Å². The zero-order valence-corrected chi connectivity index (χ0v) is 14.7. The van der Waals surface area contributed by atoms with Gasteiger partial charge in [-0.05, 0) is 24.3 Å². The van der Waals surface area contributed by atoms with E-state index in [1.54, 1.807) is 11.3 Å². The fourth-order valence-corrected chi connectivity index (χ4v) is 3.42. The van der Waals surface area contributed by atoms with Gasteiger partial charge in [-0.15, -0.1) is 11.3 Å². The van der Waals surface area contributed by atoms with Crippen molar-refractivity contribution in [1.29, 1.82) is 0 Å². The Morgan fingerprint density at radius 2 is 2.05 bits per heavy atom. The van der Waals surface area contributed by atoms with Crippen LogP contribution < -0.4 is 10.2 Å². The average Bonchev–Trinajstić information content (AvgIpc) is 3.02. The molecular formula is C16H26N4S. The van der Waals surface area contributed by atoms with Crippen molar-refractivity contribution in [2.24, 2.45) is 7.05 Å². The quantitative estimate of drug-likeness (QED) is 0.886. The summed E-state index contributed by atoms with van der Waals surface area (Å²) in [6, 6.07) is 4.65. The number of aromatic nitrogens is 2. The summed E-state index contributed by atoms with van der Waals surface area (Å²) in [5.41, 5.74) is 2.49. The van der Waals surface area contributed by atoms with Gasteiger partial charge >= 0.3 is 0 Å². The topological polar surface area (TPSA) is 33.1 Å². The van der Waals surface area contributed by atoms with E-state index in [9.17, 15) is 0 Å². The summed E-state index contributed by atoms with van der Waals surface area (Å²) < 4.78 is 1.99. The van der Waals surface area contributed by atoms with E-state index in [1.165, 1.54) is 22.0 Å². The van der Waals surface area contributed by atoms with Crippen LogP contribution in [0.5, 0.6) is 0 Å². The summed E-state index contributed by atoms with van der Waals surface area (Å²) in [5.74, 6) is 1.61. The molecule has 0 amide bonds. The van der Waals surface area contributed by atoms with Crippen LogP contribution >= 0.6 is 11.3 Å². The van der Waals surface area contributed by atoms with Crippen LogP contribution in [0.4, 0.5) is 5.82 Å². The number of aryl methyl sites for hydroxylation is 1. The summed E-state index contributed by atoms with van der Waals surface area (Å²) in [5, 5.41) is 10.5. The first kappa shape index (κ1) is 16.0. The van der Waals surface area contributed by atoms with Crippen molar-refractivity contribution in [3.8, 4) is 0 Å². The van der Waals surface area contributed by atoms with Crippen LogP contribution in [0.15, 0.2) is 17.5 Å². The van der Waals surface area contributed by atoms with E-state index in [0.717, 1.165) is 6.54 Å². The van der Waals surface area contributed by atoms with Crippen molar-refractivity contribution >= 4 is 17.2 Å². The molecule has 4 nitrogen and oxygen atoms in total. The van der Waals surface area contributed by atoms with E-state index in [-0.39, 0.29) is 0 Å². The minimum atomic E-state index is 0.361. The van der Waals surface area contributed by atoms with Gasteiger partial charge in [0, 0.05) is 44.2 Å². The van der Waals surface area contributed by atoms with Crippen molar-refractivity contribution in [2.75, 3.05) is 19.0 Å². The number of anilines is 1. The fourth-order valence-electron chi connectivity index (χ4n) is 2.67. The molecule has 2 rings (SSSR count). The molecule has 0 aliphatic carbocycles. The second kappa shape index (κ2) is 6.62. The smallest absolute Gasteiger partial charge is 0.130 e. The Morgan fingerprint density at radius 1 is 1.33 bits per heavy atom. The first-order valence-corrected chi connectivity index (χ1v) is 8.29. The highest BCUT2D eigenvalue weighted by Crippen LogP contribution is 2.28. The lowest BCUT2D eigenvalue weighted by atomic mass is 10.0. The molecule has 2 aromatic rings. The maximum absolute atomic E-state index is 4.71. The Morgan fingerprint density at radius 3 is 2.57 bits per heavy atom. The average molecular weight is 306 g/mol. The van der Waals surface area contributed by atoms with E-state index >= 15 is 0 Å². The molecule has 0 fully saturated rings. The second-order valence-corrected chi connectivity index (χ2v) is 6.96. The van der Waals surface area contributed by atoms with Crippen LogP contribution in [0.25, 0.3) is 0 Å². The van der Waals surface area contributed by atoms with Crippen LogP contribution in [0.2, 0.25) is 0 Å². The van der Waals surface area contributed by atoms with Crippen molar-refractivity contribution < 1.29 is 0 Å². The molecule has 2 heterocycles. The van der Waals surface area contributed by atoms with E-state index < -0.39 is 0 Å². The van der Waals surface area contributed by atoms with Gasteiger partial charge in [0.25, 0.3) is 0 Å². The molecule has 116 valence electrons. The Labute approximate surface area is 131 Å². The van der Waals surface area contributed by atoms with Crippen LogP contribution in [0, 0.1) is 0 Å². The SMILES string of the molecule is CC(C)c1nn(C)c(N(C)C)c1CN[C@@H](C)c1cccs1. The predicted molar refractivity (Wildman–Crippen MR) is 91.2 cm³/mol. The van der Waals surface area contributed by atoms with Gasteiger partial charge in [-0.1, -0.05) is 19.9 Å². The third-order valence-electron chi connectivity index (χ3n) is 3.67. The van der Waals surface area contributed by atoms with Gasteiger partial charge in [0.15, 0.2) is 0 Å². The molecule has 0 saturated heterocycles. The third-order valence-corrected chi connectivity index (χ3v) is 4.72. The molecule has 0 aliphatic heterocycles. The molecule has 2 aromatic heterocycles. The maximum Gasteiger partial charge on any atom is 0.130 e. The molecule has 21 heavy (non-hydrogen) atoms. The lowest BCUT2D eigenvalue weighted by Gasteiger charge is -2.18. The van der Waals surface area contributed by atoms with Crippen molar-refractivity contribution in [2.45, 2.75) is 39.3 Å². The molecule has 0 saturated carbocycles. The van der Waals surface area contributed by atoms with E-state index in [2.05, 4.69) is 62.6 Å². The predicted octanol–water partition coefficient (Wildman–Crippen LogP) is 3.52. The Kier molecular flexibility index (Phi) is 5.06. The zero-order chi connectivity index (χ0) is 15.6. The van der Waals surface area contributed by atoms with E-state index in [1.807, 2.05) is 11.7 Å². The Balaban J connectivity index is 2.21. The third kappa shape index (κ3) is 3.47. The highest BCUT2D eigenvalue weighted by Gasteiger charge is 2.20. The summed E-state index contributed by atoms with van der Waals surface area (Å²) in [6.45, 7) is 7.46. The summed E-state index contributed by atoms with van der Waals surface area (Å²) in [6.07, 6.45) is 0. The molecule has 0 aromatic carbocycles. The van der Waals surface area contributed by atoms with Gasteiger partial charge in [0.05, 0.1) is 5.69 Å². The van der Waals surface area contributed by atoms with E-state index in [0.29, 0.717) is 12.0 Å². The lowest BCUT2D eigenvalue weighted by molar-refractivity contribution is 0.578. The number of hydrogen-bond donors (Lipinski definition) is 1.